The van der Waals surface area contributed by atoms with Gasteiger partial charge in [-0.3, -0.25) is 4.79 Å². The zero-order valence-electron chi connectivity index (χ0n) is 13.8. The number of nitrogens with one attached hydrogen (secondary N) is 3. The number of carbonyl (C=O) groups is 2. The van der Waals surface area contributed by atoms with Crippen molar-refractivity contribution in [2.45, 2.75) is 64.1 Å². The average molecular weight is 321 g/mol. The molecule has 1 atom stereocenters. The van der Waals surface area contributed by atoms with E-state index in [-0.39, 0.29) is 30.4 Å². The molecule has 1 aromatic rings. The highest BCUT2D eigenvalue weighted by Crippen LogP contribution is 2.17. The maximum absolute atomic E-state index is 11.8. The lowest BCUT2D eigenvalue weighted by atomic mass is 9.96. The van der Waals surface area contributed by atoms with Crippen molar-refractivity contribution in [1.29, 1.82) is 0 Å². The van der Waals surface area contributed by atoms with Gasteiger partial charge in [0.25, 0.3) is 0 Å². The van der Waals surface area contributed by atoms with E-state index in [1.54, 1.807) is 12.5 Å². The number of imidazole rings is 1. The van der Waals surface area contributed by atoms with Crippen LogP contribution < -0.4 is 16.0 Å². The molecule has 0 radical (unpaired) electrons. The maximum Gasteiger partial charge on any atom is 0.315 e. The summed E-state index contributed by atoms with van der Waals surface area (Å²) in [6.45, 7) is 2.98. The number of nitrogens with zero attached hydrogens (tertiary/aromatic N) is 2. The predicted molar refractivity (Wildman–Crippen MR) is 87.9 cm³/mol. The SMILES string of the molecule is CC(Cn1ccnc1)NC(=O)CCNC(=O)NC1CCCCC1. The number of aromatic nitrogens is 2. The fourth-order valence-electron chi connectivity index (χ4n) is 2.88. The Morgan fingerprint density at radius 1 is 1.30 bits per heavy atom. The first-order valence-electron chi connectivity index (χ1n) is 8.43. The van der Waals surface area contributed by atoms with E-state index in [2.05, 4.69) is 20.9 Å². The number of hydrogen-bond donors (Lipinski definition) is 3. The molecular weight excluding hydrogens is 294 g/mol. The number of urea groups is 1. The molecule has 1 saturated carbocycles. The minimum atomic E-state index is -0.170. The summed E-state index contributed by atoms with van der Waals surface area (Å²) >= 11 is 0. The smallest absolute Gasteiger partial charge is 0.315 e. The van der Waals surface area contributed by atoms with Crippen LogP contribution in [0.25, 0.3) is 0 Å². The lowest BCUT2D eigenvalue weighted by Crippen LogP contribution is -2.44. The summed E-state index contributed by atoms with van der Waals surface area (Å²) in [6.07, 6.45) is 11.3. The molecule has 0 aliphatic heterocycles. The second kappa shape index (κ2) is 9.17. The molecule has 0 aromatic carbocycles. The van der Waals surface area contributed by atoms with E-state index >= 15 is 0 Å². The predicted octanol–water partition coefficient (Wildman–Crippen LogP) is 1.41. The van der Waals surface area contributed by atoms with Gasteiger partial charge < -0.3 is 20.5 Å². The Morgan fingerprint density at radius 2 is 2.09 bits per heavy atom. The number of carbonyl (C=O) groups excluding carboxylic acids is 2. The number of rotatable bonds is 7. The van der Waals surface area contributed by atoms with Gasteiger partial charge in [0.15, 0.2) is 0 Å². The van der Waals surface area contributed by atoms with E-state index in [0.29, 0.717) is 13.1 Å². The third-order valence-corrected chi connectivity index (χ3v) is 4.03. The third-order valence-electron chi connectivity index (χ3n) is 4.03. The molecule has 2 rings (SSSR count). The highest BCUT2D eigenvalue weighted by molar-refractivity contribution is 5.78. The van der Waals surface area contributed by atoms with Gasteiger partial charge in [0, 0.05) is 44.0 Å². The summed E-state index contributed by atoms with van der Waals surface area (Å²) in [7, 11) is 0. The Labute approximate surface area is 137 Å². The Kier molecular flexibility index (Phi) is 6.90. The minimum absolute atomic E-state index is 0.0211. The first-order chi connectivity index (χ1) is 11.1. The highest BCUT2D eigenvalue weighted by Gasteiger charge is 2.15. The lowest BCUT2D eigenvalue weighted by Gasteiger charge is -2.22. The van der Waals surface area contributed by atoms with Crippen molar-refractivity contribution in [2.75, 3.05) is 6.54 Å². The van der Waals surface area contributed by atoms with Crippen LogP contribution in [0.2, 0.25) is 0 Å². The fourth-order valence-corrected chi connectivity index (χ4v) is 2.88. The van der Waals surface area contributed by atoms with Crippen LogP contribution in [0.3, 0.4) is 0 Å². The molecule has 3 amide bonds. The first kappa shape index (κ1) is 17.3. The van der Waals surface area contributed by atoms with Crippen LogP contribution >= 0.6 is 0 Å². The Hall–Kier alpha value is -2.05. The summed E-state index contributed by atoms with van der Waals surface area (Å²) in [5.74, 6) is -0.0596. The minimum Gasteiger partial charge on any atom is -0.352 e. The van der Waals surface area contributed by atoms with Gasteiger partial charge in [-0.2, -0.15) is 0 Å². The largest absolute Gasteiger partial charge is 0.352 e. The zero-order valence-corrected chi connectivity index (χ0v) is 13.8. The highest BCUT2D eigenvalue weighted by atomic mass is 16.2. The molecule has 1 aromatic heterocycles. The van der Waals surface area contributed by atoms with Gasteiger partial charge >= 0.3 is 6.03 Å². The van der Waals surface area contributed by atoms with Crippen LogP contribution in [-0.2, 0) is 11.3 Å². The molecule has 23 heavy (non-hydrogen) atoms. The molecule has 1 heterocycles. The van der Waals surface area contributed by atoms with Crippen molar-refractivity contribution < 1.29 is 9.59 Å². The maximum atomic E-state index is 11.8. The molecule has 3 N–H and O–H groups in total. The van der Waals surface area contributed by atoms with Crippen LogP contribution in [-0.4, -0.2) is 40.1 Å². The zero-order chi connectivity index (χ0) is 16.5. The topological polar surface area (TPSA) is 88.1 Å². The van der Waals surface area contributed by atoms with Crippen molar-refractivity contribution in [3.05, 3.63) is 18.7 Å². The van der Waals surface area contributed by atoms with Crippen LogP contribution in [0.1, 0.15) is 45.4 Å². The normalized spacial score (nSPS) is 16.6. The van der Waals surface area contributed by atoms with Crippen LogP contribution in [0, 0.1) is 0 Å². The number of amides is 3. The van der Waals surface area contributed by atoms with Gasteiger partial charge in [0.2, 0.25) is 5.91 Å². The van der Waals surface area contributed by atoms with E-state index in [1.807, 2.05) is 17.7 Å². The average Bonchev–Trinajstić information content (AvgIpc) is 3.00. The van der Waals surface area contributed by atoms with Crippen molar-refractivity contribution in [3.8, 4) is 0 Å². The molecule has 1 fully saturated rings. The van der Waals surface area contributed by atoms with Crippen molar-refractivity contribution >= 4 is 11.9 Å². The van der Waals surface area contributed by atoms with Crippen molar-refractivity contribution in [3.63, 3.8) is 0 Å². The monoisotopic (exact) mass is 321 g/mol. The van der Waals surface area contributed by atoms with E-state index < -0.39 is 0 Å². The molecule has 1 aliphatic rings. The molecule has 0 saturated heterocycles. The summed E-state index contributed by atoms with van der Waals surface area (Å²) in [4.78, 5) is 27.6. The summed E-state index contributed by atoms with van der Waals surface area (Å²) < 4.78 is 1.92. The van der Waals surface area contributed by atoms with E-state index in [9.17, 15) is 9.59 Å². The van der Waals surface area contributed by atoms with Gasteiger partial charge in [-0.05, 0) is 19.8 Å². The fraction of sp³-hybridized carbons (Fsp3) is 0.688. The number of hydrogen-bond acceptors (Lipinski definition) is 3. The third kappa shape index (κ3) is 6.71. The molecule has 1 unspecified atom stereocenters. The summed E-state index contributed by atoms with van der Waals surface area (Å²) in [5, 5.41) is 8.64. The quantitative estimate of drug-likeness (QED) is 0.709. The lowest BCUT2D eigenvalue weighted by molar-refractivity contribution is -0.121. The van der Waals surface area contributed by atoms with Crippen molar-refractivity contribution in [1.82, 2.24) is 25.5 Å². The Balaban J connectivity index is 1.55. The van der Waals surface area contributed by atoms with Gasteiger partial charge in [-0.15, -0.1) is 0 Å². The Morgan fingerprint density at radius 3 is 2.78 bits per heavy atom. The van der Waals surface area contributed by atoms with Gasteiger partial charge in [0.1, 0.15) is 0 Å². The Bertz CT molecular complexity index is 483. The second-order valence-corrected chi connectivity index (χ2v) is 6.21. The molecule has 7 nitrogen and oxygen atoms in total. The van der Waals surface area contributed by atoms with Gasteiger partial charge in [-0.1, -0.05) is 19.3 Å². The second-order valence-electron chi connectivity index (χ2n) is 6.21. The van der Waals surface area contributed by atoms with E-state index in [1.165, 1.54) is 19.3 Å². The van der Waals surface area contributed by atoms with Gasteiger partial charge in [-0.25, -0.2) is 9.78 Å². The summed E-state index contributed by atoms with van der Waals surface area (Å²) in [5.41, 5.74) is 0. The van der Waals surface area contributed by atoms with Crippen LogP contribution in [0.5, 0.6) is 0 Å². The molecule has 128 valence electrons. The van der Waals surface area contributed by atoms with E-state index in [4.69, 9.17) is 0 Å². The first-order valence-corrected chi connectivity index (χ1v) is 8.43. The molecular formula is C16H27N5O2. The molecule has 7 heteroatoms. The van der Waals surface area contributed by atoms with Crippen LogP contribution in [0.15, 0.2) is 18.7 Å². The van der Waals surface area contributed by atoms with Crippen LogP contribution in [0.4, 0.5) is 4.79 Å². The molecule has 1 aliphatic carbocycles. The van der Waals surface area contributed by atoms with Gasteiger partial charge in [0.05, 0.1) is 6.33 Å². The molecule has 0 bridgehead atoms. The van der Waals surface area contributed by atoms with Crippen molar-refractivity contribution in [2.24, 2.45) is 0 Å². The molecule has 0 spiro atoms. The summed E-state index contributed by atoms with van der Waals surface area (Å²) in [6, 6.07) is 0.136. The standard InChI is InChI=1S/C16H27N5O2/c1-13(11-21-10-9-17-12-21)19-15(22)7-8-18-16(23)20-14-5-3-2-4-6-14/h9-10,12-14H,2-8,11H2,1H3,(H,19,22)(H2,18,20,23). The van der Waals surface area contributed by atoms with E-state index in [0.717, 1.165) is 12.8 Å².